The van der Waals surface area contributed by atoms with Crippen LogP contribution in [0.1, 0.15) is 31.9 Å². The number of pyridine rings is 1. The number of nitrogens with zero attached hydrogens (tertiary/aromatic N) is 2. The van der Waals surface area contributed by atoms with E-state index in [4.69, 9.17) is 4.74 Å². The number of carbonyl (C=O) groups is 2. The smallest absolute Gasteiger partial charge is 0.328 e. The van der Waals surface area contributed by atoms with E-state index in [0.717, 1.165) is 12.1 Å². The molecule has 2 bridgehead atoms. The highest BCUT2D eigenvalue weighted by Gasteiger charge is 2.37. The minimum Gasteiger partial charge on any atom is -0.467 e. The predicted molar refractivity (Wildman–Crippen MR) is 92.3 cm³/mol. The summed E-state index contributed by atoms with van der Waals surface area (Å²) < 4.78 is 6.62. The molecule has 3 atom stereocenters. The first-order chi connectivity index (χ1) is 11.9. The lowest BCUT2D eigenvalue weighted by Gasteiger charge is -2.43. The molecule has 1 fully saturated rings. The summed E-state index contributed by atoms with van der Waals surface area (Å²) in [7, 11) is 1.32. The van der Waals surface area contributed by atoms with Crippen LogP contribution in [-0.2, 0) is 16.1 Å². The van der Waals surface area contributed by atoms with Crippen LogP contribution in [0.2, 0.25) is 0 Å². The average molecular weight is 347 g/mol. The van der Waals surface area contributed by atoms with Gasteiger partial charge in [-0.05, 0) is 24.3 Å². The first-order valence-electron chi connectivity index (χ1n) is 8.73. The van der Waals surface area contributed by atoms with Gasteiger partial charge >= 0.3 is 12.0 Å². The molecule has 0 radical (unpaired) electrons. The number of rotatable bonds is 3. The molecular formula is C18H25N3O4. The third-order valence-corrected chi connectivity index (χ3v) is 5.17. The molecule has 0 spiro atoms. The summed E-state index contributed by atoms with van der Waals surface area (Å²) in [5.74, 6) is -0.0760. The van der Waals surface area contributed by atoms with Crippen LogP contribution in [0.15, 0.2) is 23.0 Å². The number of ether oxygens (including phenoxy) is 1. The van der Waals surface area contributed by atoms with E-state index in [9.17, 15) is 14.4 Å². The lowest BCUT2D eigenvalue weighted by atomic mass is 9.83. The summed E-state index contributed by atoms with van der Waals surface area (Å²) in [6, 6.07) is 4.42. The number of fused-ring (bicyclic) bond motifs is 4. The maximum atomic E-state index is 12.7. The Kier molecular flexibility index (Phi) is 4.83. The largest absolute Gasteiger partial charge is 0.467 e. The van der Waals surface area contributed by atoms with E-state index < -0.39 is 12.0 Å². The average Bonchev–Trinajstić information content (AvgIpc) is 2.59. The van der Waals surface area contributed by atoms with Crippen LogP contribution in [0.25, 0.3) is 0 Å². The van der Waals surface area contributed by atoms with Crippen molar-refractivity contribution in [3.8, 4) is 0 Å². The highest BCUT2D eigenvalue weighted by atomic mass is 16.5. The summed E-state index contributed by atoms with van der Waals surface area (Å²) in [5, 5.41) is 2.81. The van der Waals surface area contributed by atoms with Crippen LogP contribution in [0, 0.1) is 11.8 Å². The van der Waals surface area contributed by atoms with Crippen molar-refractivity contribution in [1.82, 2.24) is 14.8 Å². The molecule has 2 unspecified atom stereocenters. The van der Waals surface area contributed by atoms with Crippen molar-refractivity contribution in [1.29, 1.82) is 0 Å². The topological polar surface area (TPSA) is 80.6 Å². The van der Waals surface area contributed by atoms with Gasteiger partial charge in [0.25, 0.3) is 5.56 Å². The van der Waals surface area contributed by atoms with Crippen LogP contribution < -0.4 is 10.9 Å². The van der Waals surface area contributed by atoms with Crippen molar-refractivity contribution < 1.29 is 14.3 Å². The van der Waals surface area contributed by atoms with E-state index in [2.05, 4.69) is 5.32 Å². The Morgan fingerprint density at radius 3 is 2.68 bits per heavy atom. The molecule has 0 saturated carbocycles. The van der Waals surface area contributed by atoms with Gasteiger partial charge in [-0.2, -0.15) is 0 Å². The van der Waals surface area contributed by atoms with Gasteiger partial charge in [0.1, 0.15) is 6.04 Å². The molecule has 1 N–H and O–H groups in total. The van der Waals surface area contributed by atoms with Crippen LogP contribution in [0.3, 0.4) is 0 Å². The fourth-order valence-corrected chi connectivity index (χ4v) is 3.91. The van der Waals surface area contributed by atoms with Crippen LogP contribution in [0.4, 0.5) is 4.79 Å². The molecular weight excluding hydrogens is 322 g/mol. The molecule has 0 aliphatic carbocycles. The second kappa shape index (κ2) is 6.90. The Morgan fingerprint density at radius 2 is 2.00 bits per heavy atom. The van der Waals surface area contributed by atoms with Gasteiger partial charge in [0.15, 0.2) is 0 Å². The van der Waals surface area contributed by atoms with Gasteiger partial charge in [0.2, 0.25) is 0 Å². The summed E-state index contributed by atoms with van der Waals surface area (Å²) >= 11 is 0. The second-order valence-corrected chi connectivity index (χ2v) is 7.30. The highest BCUT2D eigenvalue weighted by molar-refractivity contribution is 5.83. The summed E-state index contributed by atoms with van der Waals surface area (Å²) in [6.07, 6.45) is 0.984. The van der Waals surface area contributed by atoms with Crippen molar-refractivity contribution in [2.24, 2.45) is 11.8 Å². The SMILES string of the molecule is COC(=O)[C@@H](NC(=O)N1CC2CC(C1)c1cccc(=O)n1C2)C(C)C. The Hall–Kier alpha value is -2.31. The molecule has 0 aromatic carbocycles. The van der Waals surface area contributed by atoms with Gasteiger partial charge in [-0.25, -0.2) is 9.59 Å². The molecule has 1 saturated heterocycles. The molecule has 2 aliphatic rings. The molecule has 136 valence electrons. The zero-order valence-electron chi connectivity index (χ0n) is 14.9. The minimum absolute atomic E-state index is 0.0238. The third kappa shape index (κ3) is 3.41. The highest BCUT2D eigenvalue weighted by Crippen LogP contribution is 2.34. The summed E-state index contributed by atoms with van der Waals surface area (Å²) in [6.45, 7) is 5.53. The van der Waals surface area contributed by atoms with E-state index >= 15 is 0 Å². The number of amides is 2. The Labute approximate surface area is 147 Å². The number of piperidine rings is 1. The van der Waals surface area contributed by atoms with Gasteiger partial charge in [-0.1, -0.05) is 19.9 Å². The van der Waals surface area contributed by atoms with Crippen LogP contribution >= 0.6 is 0 Å². The zero-order chi connectivity index (χ0) is 18.1. The fourth-order valence-electron chi connectivity index (χ4n) is 3.91. The molecule has 1 aromatic rings. The standard InChI is InChI=1S/C18H25N3O4/c1-11(2)16(17(23)25-3)19-18(24)20-8-12-7-13(10-20)14-5-4-6-15(22)21(14)9-12/h4-6,11-13,16H,7-10H2,1-3H3,(H,19,24)/t12?,13?,16-/m0/s1. The van der Waals surface area contributed by atoms with Crippen LogP contribution in [-0.4, -0.2) is 47.7 Å². The summed E-state index contributed by atoms with van der Waals surface area (Å²) in [5.41, 5.74) is 1.02. The van der Waals surface area contributed by atoms with E-state index in [1.54, 1.807) is 17.0 Å². The number of hydrogen-bond donors (Lipinski definition) is 1. The molecule has 2 aliphatic heterocycles. The van der Waals surface area contributed by atoms with E-state index in [0.29, 0.717) is 19.6 Å². The normalized spacial score (nSPS) is 23.0. The number of hydrogen-bond acceptors (Lipinski definition) is 4. The zero-order valence-corrected chi connectivity index (χ0v) is 14.9. The van der Waals surface area contributed by atoms with Crippen LogP contribution in [0.5, 0.6) is 0 Å². The molecule has 7 heteroatoms. The number of esters is 1. The predicted octanol–water partition coefficient (Wildman–Crippen LogP) is 1.17. The quantitative estimate of drug-likeness (QED) is 0.833. The van der Waals surface area contributed by atoms with Gasteiger partial charge in [-0.15, -0.1) is 0 Å². The Bertz CT molecular complexity index is 727. The van der Waals surface area contributed by atoms with Crippen molar-refractivity contribution in [2.45, 2.75) is 38.8 Å². The maximum absolute atomic E-state index is 12.7. The first-order valence-corrected chi connectivity index (χ1v) is 8.73. The number of methoxy groups -OCH3 is 1. The monoisotopic (exact) mass is 347 g/mol. The molecule has 3 rings (SSSR count). The molecule has 25 heavy (non-hydrogen) atoms. The lowest BCUT2D eigenvalue weighted by Crippen LogP contribution is -2.55. The van der Waals surface area contributed by atoms with Gasteiger partial charge in [0, 0.05) is 37.3 Å². The number of likely N-dealkylation sites (tertiary alicyclic amines) is 1. The van der Waals surface area contributed by atoms with E-state index in [1.165, 1.54) is 7.11 Å². The molecule has 7 nitrogen and oxygen atoms in total. The number of aromatic nitrogens is 1. The molecule has 2 amide bonds. The van der Waals surface area contributed by atoms with Crippen molar-refractivity contribution in [2.75, 3.05) is 20.2 Å². The second-order valence-electron chi connectivity index (χ2n) is 7.30. The molecule has 1 aromatic heterocycles. The van der Waals surface area contributed by atoms with Crippen molar-refractivity contribution in [3.05, 3.63) is 34.2 Å². The molecule has 3 heterocycles. The first kappa shape index (κ1) is 17.5. The van der Waals surface area contributed by atoms with Crippen molar-refractivity contribution in [3.63, 3.8) is 0 Å². The van der Waals surface area contributed by atoms with Gasteiger partial charge in [-0.3, -0.25) is 4.79 Å². The minimum atomic E-state index is -0.658. The van der Waals surface area contributed by atoms with Gasteiger partial charge in [0.05, 0.1) is 7.11 Å². The van der Waals surface area contributed by atoms with Gasteiger partial charge < -0.3 is 19.5 Å². The lowest BCUT2D eigenvalue weighted by molar-refractivity contribution is -0.144. The third-order valence-electron chi connectivity index (χ3n) is 5.17. The van der Waals surface area contributed by atoms with Crippen molar-refractivity contribution >= 4 is 12.0 Å². The Balaban J connectivity index is 1.75. The fraction of sp³-hybridized carbons (Fsp3) is 0.611. The number of carbonyl (C=O) groups excluding carboxylic acids is 2. The maximum Gasteiger partial charge on any atom is 0.328 e. The summed E-state index contributed by atoms with van der Waals surface area (Å²) in [4.78, 5) is 38.4. The number of urea groups is 1. The number of nitrogens with one attached hydrogen (secondary N) is 1. The Morgan fingerprint density at radius 1 is 1.24 bits per heavy atom. The van der Waals surface area contributed by atoms with E-state index in [1.807, 2.05) is 24.5 Å². The van der Waals surface area contributed by atoms with E-state index in [-0.39, 0.29) is 29.3 Å².